The van der Waals surface area contributed by atoms with Crippen LogP contribution in [0.1, 0.15) is 47.0 Å². The predicted molar refractivity (Wildman–Crippen MR) is 74.6 cm³/mol. The molecule has 0 spiro atoms. The van der Waals surface area contributed by atoms with Crippen LogP contribution in [0.15, 0.2) is 0 Å². The number of rotatable bonds is 1. The Hall–Kier alpha value is -0.150. The van der Waals surface area contributed by atoms with Crippen molar-refractivity contribution in [3.63, 3.8) is 0 Å². The molecular formula is C15H29FN2. The number of hydrogen-bond donors (Lipinski definition) is 0. The van der Waals surface area contributed by atoms with Crippen LogP contribution in [0.3, 0.4) is 0 Å². The molecule has 3 atom stereocenters. The summed E-state index contributed by atoms with van der Waals surface area (Å²) >= 11 is 0. The fourth-order valence-corrected chi connectivity index (χ4v) is 3.24. The third-order valence-electron chi connectivity index (χ3n) is 4.76. The van der Waals surface area contributed by atoms with Crippen molar-refractivity contribution in [3.05, 3.63) is 0 Å². The minimum absolute atomic E-state index is 0.247. The summed E-state index contributed by atoms with van der Waals surface area (Å²) in [6.07, 6.45) is 2.90. The number of likely N-dealkylation sites (tertiary alicyclic amines) is 2. The minimum atomic E-state index is -0.622. The van der Waals surface area contributed by atoms with Crippen molar-refractivity contribution >= 4 is 0 Å². The zero-order chi connectivity index (χ0) is 13.3. The topological polar surface area (TPSA) is 6.48 Å². The van der Waals surface area contributed by atoms with E-state index in [1.807, 2.05) is 6.92 Å². The van der Waals surface area contributed by atoms with Crippen LogP contribution in [0.2, 0.25) is 0 Å². The molecular weight excluding hydrogens is 227 g/mol. The highest BCUT2D eigenvalue weighted by Gasteiger charge is 2.34. The Morgan fingerprint density at radius 1 is 1.06 bits per heavy atom. The molecule has 2 heterocycles. The van der Waals surface area contributed by atoms with Crippen molar-refractivity contribution in [3.8, 4) is 0 Å². The van der Waals surface area contributed by atoms with Gasteiger partial charge >= 0.3 is 0 Å². The predicted octanol–water partition coefficient (Wildman–Crippen LogP) is 2.93. The van der Waals surface area contributed by atoms with E-state index < -0.39 is 6.17 Å². The Kier molecular flexibility index (Phi) is 4.32. The van der Waals surface area contributed by atoms with E-state index in [-0.39, 0.29) is 11.5 Å². The number of piperidine rings is 2. The summed E-state index contributed by atoms with van der Waals surface area (Å²) < 4.78 is 13.9. The molecule has 0 aromatic heterocycles. The van der Waals surface area contributed by atoms with E-state index in [4.69, 9.17) is 0 Å². The molecule has 2 saturated heterocycles. The maximum Gasteiger partial charge on any atom is 0.115 e. The van der Waals surface area contributed by atoms with Gasteiger partial charge in [-0.3, -0.25) is 9.80 Å². The van der Waals surface area contributed by atoms with Gasteiger partial charge in [0.15, 0.2) is 0 Å². The molecule has 0 aromatic rings. The van der Waals surface area contributed by atoms with E-state index in [0.29, 0.717) is 12.6 Å². The van der Waals surface area contributed by atoms with E-state index in [1.165, 1.54) is 19.4 Å². The van der Waals surface area contributed by atoms with Crippen LogP contribution in [-0.2, 0) is 0 Å². The van der Waals surface area contributed by atoms with Crippen LogP contribution in [0, 0.1) is 5.92 Å². The molecule has 106 valence electrons. The number of halogens is 1. The lowest BCUT2D eigenvalue weighted by atomic mass is 9.92. The average molecular weight is 256 g/mol. The fraction of sp³-hybridized carbons (Fsp3) is 1.00. The van der Waals surface area contributed by atoms with E-state index in [1.54, 1.807) is 0 Å². The Bertz CT molecular complexity index is 274. The molecule has 2 fully saturated rings. The normalized spacial score (nSPS) is 36.8. The monoisotopic (exact) mass is 256 g/mol. The second-order valence-electron chi connectivity index (χ2n) is 7.19. The first-order valence-electron chi connectivity index (χ1n) is 7.51. The second-order valence-corrected chi connectivity index (χ2v) is 7.19. The molecule has 2 nitrogen and oxygen atoms in total. The molecule has 0 aromatic carbocycles. The first-order valence-corrected chi connectivity index (χ1v) is 7.51. The highest BCUT2D eigenvalue weighted by atomic mass is 19.1. The Morgan fingerprint density at radius 2 is 1.78 bits per heavy atom. The minimum Gasteiger partial charge on any atom is -0.297 e. The molecule has 0 amide bonds. The quantitative estimate of drug-likeness (QED) is 0.712. The van der Waals surface area contributed by atoms with Gasteiger partial charge in [-0.1, -0.05) is 6.92 Å². The largest absolute Gasteiger partial charge is 0.297 e. The highest BCUT2D eigenvalue weighted by molar-refractivity contribution is 4.89. The smallest absolute Gasteiger partial charge is 0.115 e. The van der Waals surface area contributed by atoms with E-state index >= 15 is 0 Å². The standard InChI is InChI=1S/C15H29FN2/c1-12-7-9-17(11-14(12)16)13-6-5-8-18(10-13)15(2,3)4/h12-14H,5-11H2,1-4H3/t12-,13?,14+/m1/s1. The van der Waals surface area contributed by atoms with Crippen LogP contribution in [0.4, 0.5) is 4.39 Å². The highest BCUT2D eigenvalue weighted by Crippen LogP contribution is 2.27. The molecule has 2 aliphatic rings. The summed E-state index contributed by atoms with van der Waals surface area (Å²) in [5, 5.41) is 0. The van der Waals surface area contributed by atoms with Gasteiger partial charge in [0.1, 0.15) is 6.17 Å². The van der Waals surface area contributed by atoms with Gasteiger partial charge in [0, 0.05) is 24.7 Å². The number of hydrogen-bond acceptors (Lipinski definition) is 2. The van der Waals surface area contributed by atoms with Gasteiger partial charge in [0.2, 0.25) is 0 Å². The van der Waals surface area contributed by atoms with Gasteiger partial charge < -0.3 is 0 Å². The third-order valence-corrected chi connectivity index (χ3v) is 4.76. The molecule has 0 aliphatic carbocycles. The van der Waals surface area contributed by atoms with Gasteiger partial charge in [-0.15, -0.1) is 0 Å². The van der Waals surface area contributed by atoms with Gasteiger partial charge in [0.05, 0.1) is 0 Å². The maximum absolute atomic E-state index is 13.9. The fourth-order valence-electron chi connectivity index (χ4n) is 3.24. The number of alkyl halides is 1. The van der Waals surface area contributed by atoms with Crippen LogP contribution in [-0.4, -0.2) is 53.7 Å². The van der Waals surface area contributed by atoms with E-state index in [0.717, 1.165) is 19.5 Å². The van der Waals surface area contributed by atoms with Gasteiger partial charge in [-0.2, -0.15) is 0 Å². The molecule has 2 aliphatic heterocycles. The Morgan fingerprint density at radius 3 is 2.39 bits per heavy atom. The summed E-state index contributed by atoms with van der Waals surface area (Å²) in [4.78, 5) is 4.97. The Balaban J connectivity index is 1.93. The summed E-state index contributed by atoms with van der Waals surface area (Å²) in [6.45, 7) is 13.0. The second kappa shape index (κ2) is 5.46. The lowest BCUT2D eigenvalue weighted by Gasteiger charge is -2.47. The molecule has 0 N–H and O–H groups in total. The molecule has 0 bridgehead atoms. The van der Waals surface area contributed by atoms with Crippen LogP contribution in [0.5, 0.6) is 0 Å². The summed E-state index contributed by atoms with van der Waals surface area (Å²) in [5.41, 5.74) is 0.247. The van der Waals surface area contributed by atoms with E-state index in [9.17, 15) is 4.39 Å². The average Bonchev–Trinajstić information content (AvgIpc) is 2.32. The van der Waals surface area contributed by atoms with Crippen molar-refractivity contribution in [2.75, 3.05) is 26.2 Å². The third kappa shape index (κ3) is 3.24. The first kappa shape index (κ1) is 14.3. The molecule has 2 rings (SSSR count). The van der Waals surface area contributed by atoms with Crippen molar-refractivity contribution in [2.45, 2.75) is 64.7 Å². The molecule has 18 heavy (non-hydrogen) atoms. The molecule has 0 saturated carbocycles. The zero-order valence-corrected chi connectivity index (χ0v) is 12.5. The zero-order valence-electron chi connectivity index (χ0n) is 12.5. The number of nitrogens with zero attached hydrogens (tertiary/aromatic N) is 2. The summed E-state index contributed by atoms with van der Waals surface area (Å²) in [6, 6.07) is 0.573. The molecule has 0 radical (unpaired) electrons. The van der Waals surface area contributed by atoms with Gasteiger partial charge in [-0.25, -0.2) is 4.39 Å². The van der Waals surface area contributed by atoms with Crippen LogP contribution >= 0.6 is 0 Å². The van der Waals surface area contributed by atoms with Crippen molar-refractivity contribution < 1.29 is 4.39 Å². The maximum atomic E-state index is 13.9. The van der Waals surface area contributed by atoms with Gasteiger partial charge in [0.25, 0.3) is 0 Å². The lowest BCUT2D eigenvalue weighted by molar-refractivity contribution is 0.00640. The van der Waals surface area contributed by atoms with Crippen molar-refractivity contribution in [1.82, 2.24) is 9.80 Å². The summed E-state index contributed by atoms with van der Waals surface area (Å²) in [5.74, 6) is 0.253. The van der Waals surface area contributed by atoms with Crippen molar-refractivity contribution in [1.29, 1.82) is 0 Å². The molecule has 3 heteroatoms. The van der Waals surface area contributed by atoms with Gasteiger partial charge in [-0.05, 0) is 59.0 Å². The Labute approximate surface area is 112 Å². The molecule has 1 unspecified atom stereocenters. The van der Waals surface area contributed by atoms with Crippen LogP contribution in [0.25, 0.3) is 0 Å². The first-order chi connectivity index (χ1) is 8.38. The van der Waals surface area contributed by atoms with Crippen LogP contribution < -0.4 is 0 Å². The SMILES string of the molecule is C[C@@H]1CCN(C2CCCN(C(C)(C)C)C2)C[C@@H]1F. The lowest BCUT2D eigenvalue weighted by Crippen LogP contribution is -2.56. The van der Waals surface area contributed by atoms with Crippen molar-refractivity contribution in [2.24, 2.45) is 5.92 Å². The van der Waals surface area contributed by atoms with E-state index in [2.05, 4.69) is 30.6 Å². The summed E-state index contributed by atoms with van der Waals surface area (Å²) in [7, 11) is 0.